The zero-order chi connectivity index (χ0) is 27.3. The van der Waals surface area contributed by atoms with Gasteiger partial charge in [-0.1, -0.05) is 52.7 Å². The van der Waals surface area contributed by atoms with Crippen LogP contribution in [0, 0.1) is 39.4 Å². The molecule has 37 heavy (non-hydrogen) atoms. The topological polar surface area (TPSA) is 76.1 Å². The van der Waals surface area contributed by atoms with Gasteiger partial charge >= 0.3 is 5.97 Å². The Morgan fingerprint density at radius 1 is 1.08 bits per heavy atom. The standard InChI is InChI=1S/C32H50O5/c1-18(16-23(36-19(2)33)27-29(5,6)37-27)20-10-14-31(8)21(20)17-22(34)26-30(7)13-12-25(35)28(3,4)24(30)11-15-32(26,31)9/h18,22-24,26-27,34H,10-17H2,1-9H3/t18-,22+,23+,24?,26?,27-,30+,31+,32+/m1/s1. The number of ether oxygens (including phenoxy) is 2. The van der Waals surface area contributed by atoms with Crippen molar-refractivity contribution in [2.75, 3.05) is 0 Å². The van der Waals surface area contributed by atoms with Gasteiger partial charge in [0.15, 0.2) is 0 Å². The van der Waals surface area contributed by atoms with Crippen molar-refractivity contribution in [1.29, 1.82) is 0 Å². The monoisotopic (exact) mass is 514 g/mol. The van der Waals surface area contributed by atoms with Crippen LogP contribution in [0.5, 0.6) is 0 Å². The third kappa shape index (κ3) is 3.84. The summed E-state index contributed by atoms with van der Waals surface area (Å²) in [6, 6.07) is 0. The highest BCUT2D eigenvalue weighted by Crippen LogP contribution is 2.74. The molecule has 1 aliphatic heterocycles. The first-order valence-electron chi connectivity index (χ1n) is 14.8. The molecule has 0 amide bonds. The van der Waals surface area contributed by atoms with E-state index in [9.17, 15) is 14.7 Å². The molecule has 1 N–H and O–H groups in total. The van der Waals surface area contributed by atoms with E-state index in [0.29, 0.717) is 18.1 Å². The number of carbonyl (C=O) groups excluding carboxylic acids is 2. The minimum absolute atomic E-state index is 0.0000676. The summed E-state index contributed by atoms with van der Waals surface area (Å²) in [5, 5.41) is 11.9. The number of Topliss-reactive ketones (excluding diaryl/α,β-unsaturated/α-hetero) is 1. The van der Waals surface area contributed by atoms with E-state index in [4.69, 9.17) is 9.47 Å². The summed E-state index contributed by atoms with van der Waals surface area (Å²) >= 11 is 0. The van der Waals surface area contributed by atoms with Crippen molar-refractivity contribution in [2.45, 2.75) is 138 Å². The number of ketones is 1. The Hall–Kier alpha value is -1.20. The number of allylic oxidation sites excluding steroid dienone is 1. The molecule has 9 atom stereocenters. The van der Waals surface area contributed by atoms with E-state index < -0.39 is 0 Å². The number of aliphatic hydroxyl groups is 1. The van der Waals surface area contributed by atoms with Crippen LogP contribution in [-0.4, -0.2) is 40.8 Å². The van der Waals surface area contributed by atoms with Crippen molar-refractivity contribution in [3.8, 4) is 0 Å². The molecule has 5 rings (SSSR count). The molecule has 5 nitrogen and oxygen atoms in total. The van der Waals surface area contributed by atoms with Gasteiger partial charge in [-0.25, -0.2) is 0 Å². The molecule has 0 radical (unpaired) electrons. The zero-order valence-electron chi connectivity index (χ0n) is 24.7. The maximum Gasteiger partial charge on any atom is 0.302 e. The second kappa shape index (κ2) is 8.40. The van der Waals surface area contributed by atoms with E-state index in [-0.39, 0.29) is 63.4 Å². The van der Waals surface area contributed by atoms with Gasteiger partial charge in [0.2, 0.25) is 0 Å². The van der Waals surface area contributed by atoms with Gasteiger partial charge in [0.1, 0.15) is 18.0 Å². The molecule has 0 aromatic carbocycles. The summed E-state index contributed by atoms with van der Waals surface area (Å²) in [5.74, 6) is 0.947. The molecular formula is C32H50O5. The molecule has 2 unspecified atom stereocenters. The molecule has 4 fully saturated rings. The lowest BCUT2D eigenvalue weighted by Crippen LogP contribution is -2.65. The third-order valence-electron chi connectivity index (χ3n) is 12.5. The molecule has 3 saturated carbocycles. The summed E-state index contributed by atoms with van der Waals surface area (Å²) < 4.78 is 11.7. The first-order valence-corrected chi connectivity index (χ1v) is 14.8. The minimum Gasteiger partial charge on any atom is -0.460 e. The van der Waals surface area contributed by atoms with Crippen molar-refractivity contribution >= 4 is 11.8 Å². The fourth-order valence-corrected chi connectivity index (χ4v) is 10.4. The second-order valence-electron chi connectivity index (χ2n) is 15.2. The lowest BCUT2D eigenvalue weighted by molar-refractivity contribution is -0.208. The predicted molar refractivity (Wildman–Crippen MR) is 144 cm³/mol. The van der Waals surface area contributed by atoms with Crippen LogP contribution in [0.4, 0.5) is 0 Å². The summed E-state index contributed by atoms with van der Waals surface area (Å²) in [6.07, 6.45) is 6.64. The van der Waals surface area contributed by atoms with Gasteiger partial charge in [-0.3, -0.25) is 9.59 Å². The SMILES string of the molecule is CC(=O)O[C@@H](C[C@@H](C)C1=C2C[C@H](O)C3[C@@]4(C)CCC(=O)C(C)(C)C4CC[C@]3(C)[C@@]2(C)CC1)[C@H]1OC1(C)C. The molecule has 0 aromatic heterocycles. The van der Waals surface area contributed by atoms with Crippen molar-refractivity contribution in [1.82, 2.24) is 0 Å². The number of epoxide rings is 1. The van der Waals surface area contributed by atoms with Crippen LogP contribution in [0.2, 0.25) is 0 Å². The number of fused-ring (bicyclic) bond motifs is 5. The van der Waals surface area contributed by atoms with Gasteiger partial charge in [0, 0.05) is 18.8 Å². The molecule has 208 valence electrons. The number of carbonyl (C=O) groups is 2. The Balaban J connectivity index is 1.46. The summed E-state index contributed by atoms with van der Waals surface area (Å²) in [7, 11) is 0. The van der Waals surface area contributed by atoms with E-state index in [1.807, 2.05) is 0 Å². The average molecular weight is 515 g/mol. The lowest BCUT2D eigenvalue weighted by atomic mass is 9.36. The maximum absolute atomic E-state index is 12.9. The largest absolute Gasteiger partial charge is 0.460 e. The maximum atomic E-state index is 12.9. The average Bonchev–Trinajstić information content (AvgIpc) is 3.27. The Morgan fingerprint density at radius 3 is 2.32 bits per heavy atom. The van der Waals surface area contributed by atoms with Crippen LogP contribution in [0.15, 0.2) is 11.1 Å². The van der Waals surface area contributed by atoms with Crippen molar-refractivity contribution in [3.05, 3.63) is 11.1 Å². The van der Waals surface area contributed by atoms with Crippen LogP contribution in [0.25, 0.3) is 0 Å². The van der Waals surface area contributed by atoms with Crippen LogP contribution < -0.4 is 0 Å². The van der Waals surface area contributed by atoms with Crippen molar-refractivity contribution in [3.63, 3.8) is 0 Å². The Labute approximate surface area is 224 Å². The first kappa shape index (κ1) is 27.4. The van der Waals surface area contributed by atoms with Crippen LogP contribution >= 0.6 is 0 Å². The van der Waals surface area contributed by atoms with E-state index in [2.05, 4.69) is 55.4 Å². The highest BCUT2D eigenvalue weighted by atomic mass is 16.6. The summed E-state index contributed by atoms with van der Waals surface area (Å²) in [6.45, 7) is 19.5. The Kier molecular flexibility index (Phi) is 6.21. The highest BCUT2D eigenvalue weighted by Gasteiger charge is 2.69. The lowest BCUT2D eigenvalue weighted by Gasteiger charge is -2.69. The normalized spacial score (nSPS) is 45.4. The van der Waals surface area contributed by atoms with Crippen LogP contribution in [-0.2, 0) is 19.1 Å². The fourth-order valence-electron chi connectivity index (χ4n) is 10.4. The molecule has 4 aliphatic carbocycles. The van der Waals surface area contributed by atoms with E-state index in [1.54, 1.807) is 0 Å². The minimum atomic E-state index is -0.389. The molecule has 5 aliphatic rings. The van der Waals surface area contributed by atoms with Crippen molar-refractivity contribution in [2.24, 2.45) is 39.4 Å². The summed E-state index contributed by atoms with van der Waals surface area (Å²) in [5.41, 5.74) is 2.41. The van der Waals surface area contributed by atoms with Crippen LogP contribution in [0.3, 0.4) is 0 Å². The van der Waals surface area contributed by atoms with Crippen LogP contribution in [0.1, 0.15) is 114 Å². The van der Waals surface area contributed by atoms with Gasteiger partial charge in [0.25, 0.3) is 0 Å². The zero-order valence-corrected chi connectivity index (χ0v) is 24.7. The molecule has 0 aromatic rings. The number of esters is 1. The van der Waals surface area contributed by atoms with E-state index in [0.717, 1.165) is 44.9 Å². The molecule has 0 bridgehead atoms. The smallest absolute Gasteiger partial charge is 0.302 e. The van der Waals surface area contributed by atoms with Gasteiger partial charge in [-0.05, 0) is 92.8 Å². The summed E-state index contributed by atoms with van der Waals surface area (Å²) in [4.78, 5) is 24.8. The number of rotatable bonds is 5. The molecule has 1 heterocycles. The quantitative estimate of drug-likeness (QED) is 0.261. The second-order valence-corrected chi connectivity index (χ2v) is 15.2. The van der Waals surface area contributed by atoms with Gasteiger partial charge in [-0.15, -0.1) is 0 Å². The molecule has 1 saturated heterocycles. The van der Waals surface area contributed by atoms with E-state index in [1.165, 1.54) is 18.1 Å². The number of aliphatic hydroxyl groups excluding tert-OH is 1. The van der Waals surface area contributed by atoms with Gasteiger partial charge in [-0.2, -0.15) is 0 Å². The molecule has 5 heteroatoms. The first-order chi connectivity index (χ1) is 17.0. The van der Waals surface area contributed by atoms with Crippen molar-refractivity contribution < 1.29 is 24.2 Å². The van der Waals surface area contributed by atoms with E-state index >= 15 is 0 Å². The highest BCUT2D eigenvalue weighted by molar-refractivity contribution is 5.85. The molecule has 0 spiro atoms. The number of hydrogen-bond donors (Lipinski definition) is 1. The molecular weight excluding hydrogens is 464 g/mol. The Bertz CT molecular complexity index is 1020. The third-order valence-corrected chi connectivity index (χ3v) is 12.5. The Morgan fingerprint density at radius 2 is 1.73 bits per heavy atom. The predicted octanol–water partition coefficient (Wildman–Crippen LogP) is 6.41. The number of hydrogen-bond acceptors (Lipinski definition) is 5. The van der Waals surface area contributed by atoms with Gasteiger partial charge in [0.05, 0.1) is 11.7 Å². The van der Waals surface area contributed by atoms with Gasteiger partial charge < -0.3 is 14.6 Å². The fraction of sp³-hybridized carbons (Fsp3) is 0.875.